The Bertz CT molecular complexity index is 1280. The first-order valence-electron chi connectivity index (χ1n) is 10.2. The molecule has 1 amide bonds. The number of nitrogens with one attached hydrogen (secondary N) is 1. The molecule has 1 aliphatic carbocycles. The largest absolute Gasteiger partial charge is 0.433 e. The third-order valence-electron chi connectivity index (χ3n) is 6.09. The molecule has 1 aliphatic rings. The van der Waals surface area contributed by atoms with Crippen molar-refractivity contribution in [2.24, 2.45) is 18.4 Å². The van der Waals surface area contributed by atoms with Crippen molar-refractivity contribution in [3.63, 3.8) is 0 Å². The quantitative estimate of drug-likeness (QED) is 0.617. The van der Waals surface area contributed by atoms with E-state index in [0.717, 1.165) is 41.4 Å². The number of aryl methyl sites for hydroxylation is 3. The van der Waals surface area contributed by atoms with Crippen LogP contribution in [0.1, 0.15) is 59.6 Å². The van der Waals surface area contributed by atoms with Crippen LogP contribution in [0.3, 0.4) is 0 Å². The van der Waals surface area contributed by atoms with Crippen molar-refractivity contribution < 1.29 is 18.0 Å². The average molecular weight is 468 g/mol. The predicted molar refractivity (Wildman–Crippen MR) is 115 cm³/mol. The SMILES string of the molecule is Cc1nc2sc3c(c2c(=O)n1NC(=O)c1cc(C(F)(F)F)n(C)n1)CC[C@H](C(C)(C)C)C3. The lowest BCUT2D eigenvalue weighted by atomic mass is 9.72. The molecule has 3 aromatic heterocycles. The number of alkyl halides is 3. The fourth-order valence-electron chi connectivity index (χ4n) is 4.20. The first kappa shape index (κ1) is 22.5. The van der Waals surface area contributed by atoms with E-state index in [4.69, 9.17) is 0 Å². The van der Waals surface area contributed by atoms with Crippen LogP contribution in [0.5, 0.6) is 0 Å². The molecule has 32 heavy (non-hydrogen) atoms. The van der Waals surface area contributed by atoms with Crippen LogP contribution in [0.15, 0.2) is 10.9 Å². The van der Waals surface area contributed by atoms with E-state index in [1.165, 1.54) is 11.3 Å². The van der Waals surface area contributed by atoms with Gasteiger partial charge in [0.05, 0.1) is 5.39 Å². The average Bonchev–Trinajstić information content (AvgIpc) is 3.23. The minimum absolute atomic E-state index is 0.156. The fraction of sp³-hybridized carbons (Fsp3) is 0.524. The maximum absolute atomic E-state index is 13.3. The first-order chi connectivity index (χ1) is 14.8. The Kier molecular flexibility index (Phi) is 5.22. The molecule has 1 N–H and O–H groups in total. The molecule has 1 atom stereocenters. The van der Waals surface area contributed by atoms with E-state index < -0.39 is 29.0 Å². The number of rotatable bonds is 2. The molecule has 0 fully saturated rings. The Balaban J connectivity index is 1.71. The number of fused-ring (bicyclic) bond motifs is 3. The lowest BCUT2D eigenvalue weighted by molar-refractivity contribution is -0.143. The van der Waals surface area contributed by atoms with Crippen LogP contribution in [-0.4, -0.2) is 25.3 Å². The van der Waals surface area contributed by atoms with Gasteiger partial charge in [-0.1, -0.05) is 20.8 Å². The standard InChI is InChI=1S/C21H24F3N5O2S/c1-10-25-18-16(12-7-6-11(20(2,3)4)8-14(12)32-18)19(31)29(10)27-17(30)13-9-15(21(22,23)24)28(5)26-13/h9,11H,6-8H2,1-5H3,(H,27,30)/t11-/m0/s1. The maximum Gasteiger partial charge on any atom is 0.433 e. The lowest BCUT2D eigenvalue weighted by Crippen LogP contribution is -2.36. The normalized spacial score (nSPS) is 16.9. The highest BCUT2D eigenvalue weighted by Gasteiger charge is 2.36. The zero-order valence-corrected chi connectivity index (χ0v) is 19.2. The molecule has 172 valence electrons. The zero-order chi connectivity index (χ0) is 23.6. The van der Waals surface area contributed by atoms with E-state index >= 15 is 0 Å². The predicted octanol–water partition coefficient (Wildman–Crippen LogP) is 4.05. The van der Waals surface area contributed by atoms with E-state index in [9.17, 15) is 22.8 Å². The van der Waals surface area contributed by atoms with Gasteiger partial charge in [0.25, 0.3) is 11.5 Å². The Morgan fingerprint density at radius 2 is 1.97 bits per heavy atom. The number of nitrogens with zero attached hydrogens (tertiary/aromatic N) is 4. The first-order valence-corrected chi connectivity index (χ1v) is 11.1. The Labute approximate surface area is 186 Å². The number of hydrogen-bond donors (Lipinski definition) is 1. The van der Waals surface area contributed by atoms with Crippen molar-refractivity contribution in [2.45, 2.75) is 53.1 Å². The maximum atomic E-state index is 13.3. The van der Waals surface area contributed by atoms with Crippen LogP contribution in [0.4, 0.5) is 13.2 Å². The second kappa shape index (κ2) is 7.43. The summed E-state index contributed by atoms with van der Waals surface area (Å²) in [7, 11) is 1.10. The van der Waals surface area contributed by atoms with E-state index in [1.54, 1.807) is 6.92 Å². The second-order valence-corrected chi connectivity index (χ2v) is 10.4. The molecule has 7 nitrogen and oxygen atoms in total. The number of aromatic nitrogens is 4. The zero-order valence-electron chi connectivity index (χ0n) is 18.4. The molecule has 3 aromatic rings. The molecule has 11 heteroatoms. The van der Waals surface area contributed by atoms with Crippen LogP contribution in [0.2, 0.25) is 0 Å². The highest BCUT2D eigenvalue weighted by molar-refractivity contribution is 7.18. The highest BCUT2D eigenvalue weighted by atomic mass is 32.1. The number of hydrogen-bond acceptors (Lipinski definition) is 5. The molecule has 0 aromatic carbocycles. The second-order valence-electron chi connectivity index (χ2n) is 9.27. The molecule has 0 bridgehead atoms. The summed E-state index contributed by atoms with van der Waals surface area (Å²) in [6.45, 7) is 8.20. The van der Waals surface area contributed by atoms with Crippen LogP contribution in [0.25, 0.3) is 10.2 Å². The number of amides is 1. The summed E-state index contributed by atoms with van der Waals surface area (Å²) in [6.07, 6.45) is -2.07. The molecule has 3 heterocycles. The van der Waals surface area contributed by atoms with E-state index in [2.05, 4.69) is 36.3 Å². The van der Waals surface area contributed by atoms with Gasteiger partial charge in [0.2, 0.25) is 0 Å². The number of carbonyl (C=O) groups excluding carboxylic acids is 1. The van der Waals surface area contributed by atoms with Gasteiger partial charge in [0.1, 0.15) is 16.3 Å². The van der Waals surface area contributed by atoms with Gasteiger partial charge in [-0.2, -0.15) is 18.3 Å². The summed E-state index contributed by atoms with van der Waals surface area (Å²) in [5, 5.41) is 4.11. The van der Waals surface area contributed by atoms with Crippen molar-refractivity contribution in [2.75, 3.05) is 5.43 Å². The summed E-state index contributed by atoms with van der Waals surface area (Å²) in [4.78, 5) is 32.1. The third kappa shape index (κ3) is 3.82. The molecule has 0 saturated heterocycles. The van der Waals surface area contributed by atoms with Crippen LogP contribution >= 0.6 is 11.3 Å². The topological polar surface area (TPSA) is 81.8 Å². The Morgan fingerprint density at radius 3 is 2.56 bits per heavy atom. The van der Waals surface area contributed by atoms with Gasteiger partial charge in [0.15, 0.2) is 5.69 Å². The summed E-state index contributed by atoms with van der Waals surface area (Å²) in [5.41, 5.74) is 1.57. The summed E-state index contributed by atoms with van der Waals surface area (Å²) in [5.74, 6) is -0.175. The van der Waals surface area contributed by atoms with Gasteiger partial charge in [-0.3, -0.25) is 19.7 Å². The lowest BCUT2D eigenvalue weighted by Gasteiger charge is -2.33. The van der Waals surface area contributed by atoms with Crippen LogP contribution in [0, 0.1) is 18.3 Å². The van der Waals surface area contributed by atoms with Crippen molar-refractivity contribution in [3.8, 4) is 0 Å². The van der Waals surface area contributed by atoms with E-state index in [1.807, 2.05) is 0 Å². The monoisotopic (exact) mass is 467 g/mol. The van der Waals surface area contributed by atoms with Crippen molar-refractivity contribution in [1.82, 2.24) is 19.4 Å². The molecular weight excluding hydrogens is 443 g/mol. The Morgan fingerprint density at radius 1 is 1.28 bits per heavy atom. The van der Waals surface area contributed by atoms with Crippen molar-refractivity contribution >= 4 is 27.5 Å². The fourth-order valence-corrected chi connectivity index (χ4v) is 5.54. The molecule has 0 saturated carbocycles. The van der Waals surface area contributed by atoms with Gasteiger partial charge in [-0.25, -0.2) is 9.66 Å². The van der Waals surface area contributed by atoms with Gasteiger partial charge < -0.3 is 0 Å². The van der Waals surface area contributed by atoms with Crippen molar-refractivity contribution in [1.29, 1.82) is 0 Å². The molecule has 0 unspecified atom stereocenters. The molecular formula is C21H24F3N5O2S. The van der Waals surface area contributed by atoms with Gasteiger partial charge >= 0.3 is 6.18 Å². The van der Waals surface area contributed by atoms with Gasteiger partial charge in [-0.05, 0) is 43.1 Å². The minimum atomic E-state index is -4.64. The summed E-state index contributed by atoms with van der Waals surface area (Å²) < 4.78 is 40.7. The summed E-state index contributed by atoms with van der Waals surface area (Å²) >= 11 is 1.50. The smallest absolute Gasteiger partial charge is 0.267 e. The van der Waals surface area contributed by atoms with Crippen LogP contribution < -0.4 is 11.0 Å². The molecule has 4 rings (SSSR count). The van der Waals surface area contributed by atoms with E-state index in [0.29, 0.717) is 26.9 Å². The number of thiophene rings is 1. The third-order valence-corrected chi connectivity index (χ3v) is 7.24. The highest BCUT2D eigenvalue weighted by Crippen LogP contribution is 2.42. The molecule has 0 aliphatic heterocycles. The van der Waals surface area contributed by atoms with Gasteiger partial charge in [-0.15, -0.1) is 11.3 Å². The van der Waals surface area contributed by atoms with E-state index in [-0.39, 0.29) is 11.2 Å². The number of halogens is 3. The summed E-state index contributed by atoms with van der Waals surface area (Å²) in [6, 6.07) is 0.654. The molecule has 0 spiro atoms. The van der Waals surface area contributed by atoms with Crippen LogP contribution in [-0.2, 0) is 26.1 Å². The minimum Gasteiger partial charge on any atom is -0.267 e. The number of carbonyl (C=O) groups is 1. The van der Waals surface area contributed by atoms with Crippen molar-refractivity contribution in [3.05, 3.63) is 44.1 Å². The Hall–Kier alpha value is -2.69. The van der Waals surface area contributed by atoms with Gasteiger partial charge in [0, 0.05) is 18.0 Å². The molecule has 0 radical (unpaired) electrons.